The maximum atomic E-state index is 10.0. The van der Waals surface area contributed by atoms with Gasteiger partial charge in [-0.05, 0) is 6.42 Å². The first kappa shape index (κ1) is 13.6. The quantitative estimate of drug-likeness (QED) is 0.307. The number of aliphatic carboxylic acids is 1. The Morgan fingerprint density at radius 1 is 1.18 bits per heavy atom. The molecule has 0 aliphatic heterocycles. The molecule has 0 atom stereocenters. The van der Waals surface area contributed by atoms with Gasteiger partial charge in [-0.1, -0.05) is 19.3 Å². The summed E-state index contributed by atoms with van der Waals surface area (Å²) in [5, 5.41) is 8.26. The Kier molecular flexibility index (Phi) is 12.5. The van der Waals surface area contributed by atoms with Gasteiger partial charge in [-0.25, -0.2) is 0 Å². The minimum absolute atomic E-state index is 0. The first-order valence-corrected chi connectivity index (χ1v) is 3.78. The van der Waals surface area contributed by atoms with Gasteiger partial charge in [0.25, 0.3) is 0 Å². The molecular weight excluding hydrogens is 135 g/mol. The number of carboxylic acid groups (broad SMARTS) is 1. The molecule has 0 saturated carbocycles. The zero-order valence-electron chi connectivity index (χ0n) is 7.31. The van der Waals surface area contributed by atoms with Gasteiger partial charge in [0.15, 0.2) is 0 Å². The molecule has 0 aliphatic carbocycles. The van der Waals surface area contributed by atoms with E-state index in [2.05, 4.69) is 6.92 Å². The van der Waals surface area contributed by atoms with Gasteiger partial charge in [-0.3, -0.25) is 4.79 Å². The number of hydrogen-bond acceptors (Lipinski definition) is 1. The fraction of sp³-hybridized carbons (Fsp3) is 0.750. The zero-order chi connectivity index (χ0) is 7.82. The molecule has 0 rings (SSSR count). The Bertz CT molecular complexity index is 94.1. The van der Waals surface area contributed by atoms with Crippen LogP contribution in [0.1, 0.15) is 38.5 Å². The van der Waals surface area contributed by atoms with Crippen LogP contribution in [0.15, 0.2) is 0 Å². The molecule has 0 saturated heterocycles. The van der Waals surface area contributed by atoms with Crippen molar-refractivity contribution in [2.45, 2.75) is 38.5 Å². The van der Waals surface area contributed by atoms with Crippen molar-refractivity contribution < 1.29 is 28.8 Å². The molecule has 0 fully saturated rings. The predicted octanol–water partition coefficient (Wildman–Crippen LogP) is -0.750. The molecule has 0 unspecified atom stereocenters. The summed E-state index contributed by atoms with van der Waals surface area (Å²) in [7, 11) is 0. The van der Waals surface area contributed by atoms with Crippen molar-refractivity contribution >= 4 is 5.97 Å². The molecule has 0 spiro atoms. The smallest absolute Gasteiger partial charge is 0.481 e. The van der Waals surface area contributed by atoms with E-state index < -0.39 is 5.97 Å². The van der Waals surface area contributed by atoms with E-state index in [1.165, 1.54) is 0 Å². The molecule has 60 valence electrons. The predicted molar refractivity (Wildman–Crippen MR) is 40.7 cm³/mol. The molecule has 0 aliphatic rings. The molecular formula is C8H15LiO2. The second-order valence-corrected chi connectivity index (χ2v) is 2.41. The molecule has 11 heavy (non-hydrogen) atoms. The summed E-state index contributed by atoms with van der Waals surface area (Å²) in [5.74, 6) is -0.686. The van der Waals surface area contributed by atoms with Gasteiger partial charge in [0, 0.05) is 6.42 Å². The van der Waals surface area contributed by atoms with Crippen LogP contribution in [0.3, 0.4) is 0 Å². The number of hydrogen-bond donors (Lipinski definition) is 1. The minimum atomic E-state index is -0.686. The number of carboxylic acids is 1. The standard InChI is InChI=1S/C8H15O2.Li/c1-2-3-4-5-6-7-8(9)10;/h1-7H2,(H,9,10);/q-1;+1. The van der Waals surface area contributed by atoms with Crippen molar-refractivity contribution in [2.24, 2.45) is 0 Å². The molecule has 2 nitrogen and oxygen atoms in total. The fourth-order valence-electron chi connectivity index (χ4n) is 0.807. The van der Waals surface area contributed by atoms with Crippen molar-refractivity contribution in [3.8, 4) is 0 Å². The Morgan fingerprint density at radius 3 is 2.18 bits per heavy atom. The van der Waals surface area contributed by atoms with Crippen LogP contribution in [0, 0.1) is 6.92 Å². The molecule has 0 bridgehead atoms. The van der Waals surface area contributed by atoms with Crippen LogP contribution in [-0.4, -0.2) is 11.1 Å². The van der Waals surface area contributed by atoms with Gasteiger partial charge in [0.1, 0.15) is 0 Å². The van der Waals surface area contributed by atoms with E-state index in [1.807, 2.05) is 0 Å². The van der Waals surface area contributed by atoms with E-state index >= 15 is 0 Å². The topological polar surface area (TPSA) is 37.3 Å². The SMILES string of the molecule is [CH2-]CCCCCCC(=O)O.[Li+]. The first-order chi connectivity index (χ1) is 4.77. The maximum absolute atomic E-state index is 10.0. The zero-order valence-corrected chi connectivity index (χ0v) is 7.31. The monoisotopic (exact) mass is 150 g/mol. The summed E-state index contributed by atoms with van der Waals surface area (Å²) in [6.07, 6.45) is 5.37. The number of rotatable bonds is 6. The average molecular weight is 150 g/mol. The Labute approximate surface area is 80.5 Å². The van der Waals surface area contributed by atoms with E-state index in [9.17, 15) is 4.79 Å². The number of unbranched alkanes of at least 4 members (excludes halogenated alkanes) is 4. The van der Waals surface area contributed by atoms with Gasteiger partial charge in [-0.15, -0.1) is 0 Å². The van der Waals surface area contributed by atoms with E-state index in [0.717, 1.165) is 32.1 Å². The van der Waals surface area contributed by atoms with Crippen molar-refractivity contribution in [1.82, 2.24) is 0 Å². The van der Waals surface area contributed by atoms with E-state index in [-0.39, 0.29) is 18.9 Å². The minimum Gasteiger partial charge on any atom is -0.481 e. The molecule has 0 aromatic heterocycles. The molecule has 0 aromatic carbocycles. The second kappa shape index (κ2) is 10.1. The Morgan fingerprint density at radius 2 is 1.73 bits per heavy atom. The van der Waals surface area contributed by atoms with Gasteiger partial charge in [-0.2, -0.15) is 6.42 Å². The molecule has 0 heterocycles. The van der Waals surface area contributed by atoms with Crippen LogP contribution >= 0.6 is 0 Å². The summed E-state index contributed by atoms with van der Waals surface area (Å²) in [6.45, 7) is 3.70. The summed E-state index contributed by atoms with van der Waals surface area (Å²) in [4.78, 5) is 10.0. The second-order valence-electron chi connectivity index (χ2n) is 2.41. The summed E-state index contributed by atoms with van der Waals surface area (Å²) in [5.41, 5.74) is 0. The third-order valence-electron chi connectivity index (χ3n) is 1.39. The van der Waals surface area contributed by atoms with Crippen LogP contribution in [0.4, 0.5) is 0 Å². The van der Waals surface area contributed by atoms with Gasteiger partial charge >= 0.3 is 24.8 Å². The Balaban J connectivity index is 0. The van der Waals surface area contributed by atoms with Crippen molar-refractivity contribution in [2.75, 3.05) is 0 Å². The summed E-state index contributed by atoms with van der Waals surface area (Å²) >= 11 is 0. The number of carbonyl (C=O) groups is 1. The van der Waals surface area contributed by atoms with Crippen LogP contribution in [0.25, 0.3) is 0 Å². The average Bonchev–Trinajstić information content (AvgIpc) is 1.87. The van der Waals surface area contributed by atoms with Crippen LogP contribution in [0.5, 0.6) is 0 Å². The van der Waals surface area contributed by atoms with E-state index in [4.69, 9.17) is 5.11 Å². The van der Waals surface area contributed by atoms with Crippen molar-refractivity contribution in [1.29, 1.82) is 0 Å². The molecule has 3 heteroatoms. The third kappa shape index (κ3) is 13.1. The van der Waals surface area contributed by atoms with Gasteiger partial charge in [0.05, 0.1) is 0 Å². The van der Waals surface area contributed by atoms with Crippen LogP contribution in [0.2, 0.25) is 0 Å². The molecule has 1 N–H and O–H groups in total. The molecule has 0 aromatic rings. The van der Waals surface area contributed by atoms with Crippen LogP contribution in [-0.2, 0) is 4.79 Å². The van der Waals surface area contributed by atoms with Crippen molar-refractivity contribution in [3.63, 3.8) is 0 Å². The van der Waals surface area contributed by atoms with E-state index in [1.54, 1.807) is 0 Å². The van der Waals surface area contributed by atoms with Gasteiger partial charge < -0.3 is 12.0 Å². The first-order valence-electron chi connectivity index (χ1n) is 3.78. The largest absolute Gasteiger partial charge is 1.00 e. The Hall–Kier alpha value is 0.0674. The third-order valence-corrected chi connectivity index (χ3v) is 1.39. The fourth-order valence-corrected chi connectivity index (χ4v) is 0.807. The maximum Gasteiger partial charge on any atom is 1.00 e. The van der Waals surface area contributed by atoms with Gasteiger partial charge in [0.2, 0.25) is 0 Å². The van der Waals surface area contributed by atoms with Crippen LogP contribution < -0.4 is 18.9 Å². The summed E-state index contributed by atoms with van der Waals surface area (Å²) < 4.78 is 0. The summed E-state index contributed by atoms with van der Waals surface area (Å²) in [6, 6.07) is 0. The normalized spacial score (nSPS) is 8.82. The van der Waals surface area contributed by atoms with Crippen molar-refractivity contribution in [3.05, 3.63) is 6.92 Å². The molecule has 0 amide bonds. The molecule has 0 radical (unpaired) electrons. The van der Waals surface area contributed by atoms with E-state index in [0.29, 0.717) is 6.42 Å².